The maximum Gasteiger partial charge on any atom is 0.178 e. The molecule has 16 heavy (non-hydrogen) atoms. The summed E-state index contributed by atoms with van der Waals surface area (Å²) in [6, 6.07) is 0. The van der Waals surface area contributed by atoms with Gasteiger partial charge in [-0.05, 0) is 12.2 Å². The van der Waals surface area contributed by atoms with Crippen molar-refractivity contribution in [2.24, 2.45) is 5.73 Å². The summed E-state index contributed by atoms with van der Waals surface area (Å²) in [5, 5.41) is 37.2. The van der Waals surface area contributed by atoms with Crippen molar-refractivity contribution < 1.29 is 25.2 Å². The van der Waals surface area contributed by atoms with Crippen molar-refractivity contribution in [1.29, 1.82) is 0 Å². The topological polar surface area (TPSA) is 140 Å². The number of aliphatic hydroxyl groups excluding tert-OH is 4. The van der Waals surface area contributed by atoms with Crippen LogP contribution in [-0.4, -0.2) is 62.8 Å². The minimum atomic E-state index is -1.43. The Morgan fingerprint density at radius 1 is 1.25 bits per heavy atom. The highest BCUT2D eigenvalue weighted by Gasteiger charge is 2.43. The Labute approximate surface area is 97.0 Å². The third-order valence-corrected chi connectivity index (χ3v) is 2.33. The molecular weight excluding hydrogens is 238 g/mol. The lowest BCUT2D eigenvalue weighted by Gasteiger charge is -2.40. The Morgan fingerprint density at radius 2 is 1.88 bits per heavy atom. The molecule has 8 N–H and O–H groups in total. The molecule has 0 unspecified atom stereocenters. The molecular formula is C7H15N3O5S. The minimum Gasteiger partial charge on any atom is -0.394 e. The van der Waals surface area contributed by atoms with Crippen LogP contribution in [0.4, 0.5) is 0 Å². The third-order valence-electron chi connectivity index (χ3n) is 2.23. The first-order chi connectivity index (χ1) is 7.47. The second-order valence-corrected chi connectivity index (χ2v) is 3.82. The molecule has 1 heterocycles. The number of rotatable bonds is 3. The van der Waals surface area contributed by atoms with E-state index in [1.165, 1.54) is 0 Å². The largest absolute Gasteiger partial charge is 0.394 e. The average molecular weight is 253 g/mol. The number of nitrogens with two attached hydrogens (primary N) is 1. The highest BCUT2D eigenvalue weighted by Crippen LogP contribution is 2.19. The van der Waals surface area contributed by atoms with Gasteiger partial charge in [-0.15, -0.1) is 0 Å². The first kappa shape index (κ1) is 13.5. The predicted molar refractivity (Wildman–Crippen MR) is 56.8 cm³/mol. The number of ether oxygens (including phenoxy) is 1. The lowest BCUT2D eigenvalue weighted by atomic mass is 9.99. The molecule has 0 amide bonds. The van der Waals surface area contributed by atoms with Crippen LogP contribution < -0.4 is 16.6 Å². The monoisotopic (exact) mass is 253 g/mol. The molecule has 1 rings (SSSR count). The maximum absolute atomic E-state index is 9.53. The molecule has 1 fully saturated rings. The molecule has 1 saturated heterocycles. The van der Waals surface area contributed by atoms with Crippen LogP contribution in [0.2, 0.25) is 0 Å². The molecule has 8 nitrogen and oxygen atoms in total. The van der Waals surface area contributed by atoms with Crippen molar-refractivity contribution in [3.05, 3.63) is 0 Å². The quantitative estimate of drug-likeness (QED) is 0.199. The van der Waals surface area contributed by atoms with Crippen LogP contribution in [0.1, 0.15) is 0 Å². The summed E-state index contributed by atoms with van der Waals surface area (Å²) in [6.45, 7) is -0.490. The van der Waals surface area contributed by atoms with E-state index in [2.05, 4.69) is 23.1 Å². The highest BCUT2D eigenvalue weighted by atomic mass is 32.1. The number of thiocarbonyl (C=S) groups is 1. The normalized spacial score (nSPS) is 39.4. The standard InChI is InChI=1S/C7H15N3O5S/c8-7(16)10-9-6-5(14)4(13)3(12)2(1-11)15-6/h2-6,9,11-14H,1H2,(H3,8,10,16)/t2-,3+,4-,5-,6-/m1/s1. The van der Waals surface area contributed by atoms with Crippen molar-refractivity contribution in [2.75, 3.05) is 6.61 Å². The molecule has 0 bridgehead atoms. The molecule has 0 aromatic rings. The van der Waals surface area contributed by atoms with Crippen LogP contribution >= 0.6 is 12.2 Å². The van der Waals surface area contributed by atoms with E-state index < -0.39 is 37.3 Å². The van der Waals surface area contributed by atoms with Gasteiger partial charge in [-0.25, -0.2) is 5.43 Å². The van der Waals surface area contributed by atoms with Gasteiger partial charge in [0.1, 0.15) is 24.4 Å². The van der Waals surface area contributed by atoms with Crippen LogP contribution in [-0.2, 0) is 4.74 Å². The zero-order valence-electron chi connectivity index (χ0n) is 8.28. The first-order valence-corrected chi connectivity index (χ1v) is 4.99. The fraction of sp³-hybridized carbons (Fsp3) is 0.857. The van der Waals surface area contributed by atoms with Crippen LogP contribution in [0, 0.1) is 0 Å². The van der Waals surface area contributed by atoms with E-state index in [0.29, 0.717) is 0 Å². The lowest BCUT2D eigenvalue weighted by Crippen LogP contribution is -2.65. The molecule has 0 radical (unpaired) electrons. The van der Waals surface area contributed by atoms with Crippen molar-refractivity contribution in [3.63, 3.8) is 0 Å². The summed E-state index contributed by atoms with van der Waals surface area (Å²) in [7, 11) is 0. The van der Waals surface area contributed by atoms with Crippen LogP contribution in [0.5, 0.6) is 0 Å². The van der Waals surface area contributed by atoms with E-state index in [1.807, 2.05) is 0 Å². The van der Waals surface area contributed by atoms with Gasteiger partial charge in [-0.3, -0.25) is 5.43 Å². The molecule has 0 aromatic heterocycles. The second-order valence-electron chi connectivity index (χ2n) is 3.38. The highest BCUT2D eigenvalue weighted by molar-refractivity contribution is 7.80. The van der Waals surface area contributed by atoms with Crippen LogP contribution in [0.15, 0.2) is 0 Å². The summed E-state index contributed by atoms with van der Waals surface area (Å²) in [4.78, 5) is 0. The Hall–Kier alpha value is -0.550. The number of nitrogens with one attached hydrogen (secondary N) is 2. The zero-order valence-corrected chi connectivity index (χ0v) is 9.09. The van der Waals surface area contributed by atoms with Crippen molar-refractivity contribution in [1.82, 2.24) is 10.9 Å². The second kappa shape index (κ2) is 5.68. The van der Waals surface area contributed by atoms with Crippen LogP contribution in [0.25, 0.3) is 0 Å². The maximum atomic E-state index is 9.53. The van der Waals surface area contributed by atoms with Crippen molar-refractivity contribution >= 4 is 17.3 Å². The van der Waals surface area contributed by atoms with Gasteiger partial charge in [0.15, 0.2) is 11.3 Å². The number of hydrogen-bond acceptors (Lipinski definition) is 7. The lowest BCUT2D eigenvalue weighted by molar-refractivity contribution is -0.238. The van der Waals surface area contributed by atoms with Gasteiger partial charge in [0, 0.05) is 0 Å². The van der Waals surface area contributed by atoms with E-state index in [-0.39, 0.29) is 5.11 Å². The van der Waals surface area contributed by atoms with E-state index in [1.54, 1.807) is 0 Å². The molecule has 0 aromatic carbocycles. The average Bonchev–Trinajstić information content (AvgIpc) is 2.25. The molecule has 94 valence electrons. The summed E-state index contributed by atoms with van der Waals surface area (Å²) in [6.07, 6.45) is -6.21. The Kier molecular flexibility index (Phi) is 4.80. The number of hydrogen-bond donors (Lipinski definition) is 7. The summed E-state index contributed by atoms with van der Waals surface area (Å²) >= 11 is 4.52. The first-order valence-electron chi connectivity index (χ1n) is 4.59. The Balaban J connectivity index is 2.60. The van der Waals surface area contributed by atoms with E-state index >= 15 is 0 Å². The summed E-state index contributed by atoms with van der Waals surface area (Å²) in [5.41, 5.74) is 9.88. The number of hydrazine groups is 1. The Bertz CT molecular complexity index is 254. The fourth-order valence-corrected chi connectivity index (χ4v) is 1.42. The van der Waals surface area contributed by atoms with Gasteiger partial charge >= 0.3 is 0 Å². The van der Waals surface area contributed by atoms with Gasteiger partial charge in [-0.1, -0.05) is 0 Å². The van der Waals surface area contributed by atoms with Crippen molar-refractivity contribution in [2.45, 2.75) is 30.6 Å². The van der Waals surface area contributed by atoms with Crippen LogP contribution in [0.3, 0.4) is 0 Å². The molecule has 1 aliphatic rings. The van der Waals surface area contributed by atoms with E-state index in [0.717, 1.165) is 0 Å². The molecule has 9 heteroatoms. The predicted octanol–water partition coefficient (Wildman–Crippen LogP) is -3.88. The fourth-order valence-electron chi connectivity index (χ4n) is 1.36. The van der Waals surface area contributed by atoms with Gasteiger partial charge in [-0.2, -0.15) is 0 Å². The summed E-state index contributed by atoms with van der Waals surface area (Å²) in [5.74, 6) is 0. The van der Waals surface area contributed by atoms with E-state index in [9.17, 15) is 15.3 Å². The van der Waals surface area contributed by atoms with Crippen molar-refractivity contribution in [3.8, 4) is 0 Å². The van der Waals surface area contributed by atoms with Gasteiger partial charge in [0.25, 0.3) is 0 Å². The molecule has 5 atom stereocenters. The van der Waals surface area contributed by atoms with E-state index in [4.69, 9.17) is 15.6 Å². The molecule has 0 aliphatic carbocycles. The number of aliphatic hydroxyl groups is 4. The SMILES string of the molecule is NC(=S)NN[C@@H]1O[C@H](CO)[C@H](O)[C@@H](O)[C@H]1O. The minimum absolute atomic E-state index is 0.0723. The zero-order chi connectivity index (χ0) is 12.3. The molecule has 0 saturated carbocycles. The summed E-state index contributed by atoms with van der Waals surface area (Å²) < 4.78 is 5.08. The Morgan fingerprint density at radius 3 is 2.38 bits per heavy atom. The molecule has 1 aliphatic heterocycles. The third kappa shape index (κ3) is 2.98. The smallest absolute Gasteiger partial charge is 0.178 e. The van der Waals surface area contributed by atoms with Gasteiger partial charge < -0.3 is 30.9 Å². The molecule has 0 spiro atoms. The van der Waals surface area contributed by atoms with Gasteiger partial charge in [0.05, 0.1) is 6.61 Å². The van der Waals surface area contributed by atoms with Gasteiger partial charge in [0.2, 0.25) is 0 Å².